The molecule has 104 valence electrons. The molecule has 0 saturated heterocycles. The van der Waals surface area contributed by atoms with Crippen molar-refractivity contribution in [3.8, 4) is 0 Å². The number of rotatable bonds is 3. The van der Waals surface area contributed by atoms with Crippen molar-refractivity contribution >= 4 is 0 Å². The normalized spacial score (nSPS) is 35.8. The molecular formula is C17H25NO. The third kappa shape index (κ3) is 1.85. The largest absolute Gasteiger partial charge is 0.391 e. The second-order valence-corrected chi connectivity index (χ2v) is 7.02. The number of aliphatic hydroxyl groups is 1. The van der Waals surface area contributed by atoms with Crippen molar-refractivity contribution in [3.63, 3.8) is 0 Å². The minimum Gasteiger partial charge on any atom is -0.391 e. The van der Waals surface area contributed by atoms with Crippen LogP contribution in [0.1, 0.15) is 44.2 Å². The summed E-state index contributed by atoms with van der Waals surface area (Å²) in [6, 6.07) is 8.67. The Balaban J connectivity index is 1.77. The van der Waals surface area contributed by atoms with Crippen LogP contribution in [-0.4, -0.2) is 16.7 Å². The van der Waals surface area contributed by atoms with E-state index in [-0.39, 0.29) is 17.1 Å². The molecule has 1 aromatic rings. The fraction of sp³-hybridized carbons (Fsp3) is 0.647. The zero-order valence-corrected chi connectivity index (χ0v) is 12.2. The highest BCUT2D eigenvalue weighted by atomic mass is 16.3. The van der Waals surface area contributed by atoms with E-state index in [4.69, 9.17) is 0 Å². The lowest BCUT2D eigenvalue weighted by Gasteiger charge is -2.41. The summed E-state index contributed by atoms with van der Waals surface area (Å²) in [5, 5.41) is 14.2. The van der Waals surface area contributed by atoms with E-state index in [1.807, 2.05) is 0 Å². The van der Waals surface area contributed by atoms with Crippen LogP contribution in [0.25, 0.3) is 0 Å². The molecule has 3 rings (SSSR count). The molecule has 0 heterocycles. The van der Waals surface area contributed by atoms with Gasteiger partial charge < -0.3 is 10.4 Å². The van der Waals surface area contributed by atoms with Gasteiger partial charge in [-0.3, -0.25) is 0 Å². The maximum Gasteiger partial charge on any atom is 0.0730 e. The molecule has 3 atom stereocenters. The van der Waals surface area contributed by atoms with Crippen molar-refractivity contribution in [3.05, 3.63) is 35.4 Å². The maximum absolute atomic E-state index is 10.5. The van der Waals surface area contributed by atoms with Crippen LogP contribution in [0.2, 0.25) is 0 Å². The van der Waals surface area contributed by atoms with Gasteiger partial charge in [0.05, 0.1) is 6.10 Å². The molecular weight excluding hydrogens is 234 g/mol. The molecule has 2 nitrogen and oxygen atoms in total. The van der Waals surface area contributed by atoms with E-state index in [0.29, 0.717) is 5.92 Å². The molecule has 2 bridgehead atoms. The van der Waals surface area contributed by atoms with E-state index in [0.717, 1.165) is 19.4 Å². The summed E-state index contributed by atoms with van der Waals surface area (Å²) < 4.78 is 0. The minimum atomic E-state index is -0.188. The van der Waals surface area contributed by atoms with Crippen LogP contribution >= 0.6 is 0 Å². The number of aryl methyl sites for hydroxylation is 1. The van der Waals surface area contributed by atoms with Gasteiger partial charge in [0.15, 0.2) is 0 Å². The number of hydrogen-bond donors (Lipinski definition) is 2. The van der Waals surface area contributed by atoms with Gasteiger partial charge in [0, 0.05) is 12.1 Å². The smallest absolute Gasteiger partial charge is 0.0730 e. The molecule has 0 amide bonds. The topological polar surface area (TPSA) is 32.3 Å². The SMILES string of the molecule is Cc1ccc(CNC23CCC(CC2O)C3(C)C)cc1. The summed E-state index contributed by atoms with van der Waals surface area (Å²) in [5.41, 5.74) is 2.72. The van der Waals surface area contributed by atoms with Gasteiger partial charge in [-0.15, -0.1) is 0 Å². The lowest BCUT2D eigenvalue weighted by molar-refractivity contribution is 0.0366. The van der Waals surface area contributed by atoms with E-state index in [1.54, 1.807) is 0 Å². The zero-order valence-electron chi connectivity index (χ0n) is 12.2. The average Bonchev–Trinajstić information content (AvgIpc) is 2.72. The lowest BCUT2D eigenvalue weighted by atomic mass is 9.75. The zero-order chi connectivity index (χ0) is 13.7. The van der Waals surface area contributed by atoms with E-state index in [2.05, 4.69) is 50.4 Å². The first-order valence-corrected chi connectivity index (χ1v) is 7.44. The molecule has 0 radical (unpaired) electrons. The molecule has 0 spiro atoms. The van der Waals surface area contributed by atoms with Gasteiger partial charge in [0.25, 0.3) is 0 Å². The first-order valence-electron chi connectivity index (χ1n) is 7.44. The Bertz CT molecular complexity index is 465. The summed E-state index contributed by atoms with van der Waals surface area (Å²) in [6.45, 7) is 7.61. The van der Waals surface area contributed by atoms with Gasteiger partial charge in [-0.2, -0.15) is 0 Å². The molecule has 2 fully saturated rings. The highest BCUT2D eigenvalue weighted by Crippen LogP contribution is 2.60. The Kier molecular flexibility index (Phi) is 2.99. The number of aliphatic hydroxyl groups excluding tert-OH is 1. The van der Waals surface area contributed by atoms with Crippen molar-refractivity contribution < 1.29 is 5.11 Å². The Hall–Kier alpha value is -0.860. The Labute approximate surface area is 116 Å². The predicted octanol–water partition coefficient (Wildman–Crippen LogP) is 3.02. The second-order valence-electron chi connectivity index (χ2n) is 7.02. The van der Waals surface area contributed by atoms with Crippen LogP contribution in [0.5, 0.6) is 0 Å². The molecule has 2 saturated carbocycles. The number of benzene rings is 1. The molecule has 2 aliphatic rings. The van der Waals surface area contributed by atoms with Gasteiger partial charge >= 0.3 is 0 Å². The van der Waals surface area contributed by atoms with Crippen molar-refractivity contribution in [2.75, 3.05) is 0 Å². The van der Waals surface area contributed by atoms with E-state index in [9.17, 15) is 5.11 Å². The quantitative estimate of drug-likeness (QED) is 0.874. The van der Waals surface area contributed by atoms with Crippen LogP contribution in [0, 0.1) is 18.3 Å². The summed E-state index contributed by atoms with van der Waals surface area (Å²) in [5.74, 6) is 0.674. The number of fused-ring (bicyclic) bond motifs is 2. The second kappa shape index (κ2) is 4.32. The maximum atomic E-state index is 10.5. The summed E-state index contributed by atoms with van der Waals surface area (Å²) >= 11 is 0. The predicted molar refractivity (Wildman–Crippen MR) is 77.9 cm³/mol. The van der Waals surface area contributed by atoms with E-state index >= 15 is 0 Å². The fourth-order valence-electron chi connectivity index (χ4n) is 4.33. The standard InChI is InChI=1S/C17H25NO/c1-12-4-6-13(7-5-12)11-18-17-9-8-14(10-15(17)19)16(17,2)3/h4-7,14-15,18-19H,8-11H2,1-3H3. The minimum absolute atomic E-state index is 0.0808. The molecule has 2 N–H and O–H groups in total. The molecule has 2 aliphatic carbocycles. The Morgan fingerprint density at radius 1 is 1.26 bits per heavy atom. The monoisotopic (exact) mass is 259 g/mol. The van der Waals surface area contributed by atoms with Crippen LogP contribution in [0.15, 0.2) is 24.3 Å². The lowest BCUT2D eigenvalue weighted by Crippen LogP contribution is -2.57. The van der Waals surface area contributed by atoms with E-state index < -0.39 is 0 Å². The van der Waals surface area contributed by atoms with Crippen LogP contribution < -0.4 is 5.32 Å². The van der Waals surface area contributed by atoms with Crippen molar-refractivity contribution in [1.82, 2.24) is 5.32 Å². The Morgan fingerprint density at radius 3 is 2.47 bits per heavy atom. The van der Waals surface area contributed by atoms with Gasteiger partial charge in [0.1, 0.15) is 0 Å². The molecule has 3 unspecified atom stereocenters. The fourth-order valence-corrected chi connectivity index (χ4v) is 4.33. The average molecular weight is 259 g/mol. The summed E-state index contributed by atoms with van der Waals surface area (Å²) in [6.07, 6.45) is 3.14. The van der Waals surface area contributed by atoms with Crippen LogP contribution in [0.4, 0.5) is 0 Å². The molecule has 19 heavy (non-hydrogen) atoms. The van der Waals surface area contributed by atoms with Crippen molar-refractivity contribution in [2.24, 2.45) is 11.3 Å². The van der Waals surface area contributed by atoms with Crippen molar-refractivity contribution in [1.29, 1.82) is 0 Å². The molecule has 0 aromatic heterocycles. The first kappa shape index (κ1) is 13.1. The highest BCUT2D eigenvalue weighted by molar-refractivity contribution is 5.23. The molecule has 0 aliphatic heterocycles. The third-order valence-electron chi connectivity index (χ3n) is 5.86. The van der Waals surface area contributed by atoms with Gasteiger partial charge in [0.2, 0.25) is 0 Å². The molecule has 1 aromatic carbocycles. The Morgan fingerprint density at radius 2 is 1.95 bits per heavy atom. The number of hydrogen-bond acceptors (Lipinski definition) is 2. The number of nitrogens with one attached hydrogen (secondary N) is 1. The first-order chi connectivity index (χ1) is 8.96. The van der Waals surface area contributed by atoms with E-state index in [1.165, 1.54) is 17.5 Å². The summed E-state index contributed by atoms with van der Waals surface area (Å²) in [7, 11) is 0. The van der Waals surface area contributed by atoms with Gasteiger partial charge in [-0.25, -0.2) is 0 Å². The van der Waals surface area contributed by atoms with Crippen molar-refractivity contribution in [2.45, 2.75) is 58.2 Å². The van der Waals surface area contributed by atoms with Gasteiger partial charge in [-0.1, -0.05) is 43.7 Å². The van der Waals surface area contributed by atoms with Crippen LogP contribution in [-0.2, 0) is 6.54 Å². The molecule has 2 heteroatoms. The van der Waals surface area contributed by atoms with Crippen LogP contribution in [0.3, 0.4) is 0 Å². The summed E-state index contributed by atoms with van der Waals surface area (Å²) in [4.78, 5) is 0. The third-order valence-corrected chi connectivity index (χ3v) is 5.86. The van der Waals surface area contributed by atoms with Gasteiger partial charge in [-0.05, 0) is 43.1 Å². The highest BCUT2D eigenvalue weighted by Gasteiger charge is 2.63.